The molecule has 7 atom stereocenters. The summed E-state index contributed by atoms with van der Waals surface area (Å²) in [6.45, 7) is 17.5. The monoisotopic (exact) mass is 410 g/mol. The molecular weight excluding hydrogens is 364 g/mol. The van der Waals surface area contributed by atoms with Crippen LogP contribution in [0, 0.1) is 50.7 Å². The van der Waals surface area contributed by atoms with Crippen molar-refractivity contribution >= 4 is 5.78 Å². The summed E-state index contributed by atoms with van der Waals surface area (Å²) in [4.78, 5) is 12.7. The van der Waals surface area contributed by atoms with Gasteiger partial charge in [0.25, 0.3) is 0 Å². The molecule has 7 unspecified atom stereocenters. The molecule has 4 saturated carbocycles. The molecule has 0 spiro atoms. The zero-order valence-corrected chi connectivity index (χ0v) is 20.9. The van der Waals surface area contributed by atoms with Gasteiger partial charge in [0, 0.05) is 11.8 Å². The van der Waals surface area contributed by atoms with Gasteiger partial charge in [0.05, 0.1) is 0 Å². The van der Waals surface area contributed by atoms with Crippen molar-refractivity contribution in [1.82, 2.24) is 0 Å². The third-order valence-corrected chi connectivity index (χ3v) is 12.0. The number of ketones is 1. The van der Waals surface area contributed by atoms with E-state index in [0.29, 0.717) is 33.4 Å². The van der Waals surface area contributed by atoms with Crippen molar-refractivity contribution in [2.45, 2.75) is 113 Å². The number of carbonyl (C=O) groups is 1. The van der Waals surface area contributed by atoms with E-state index in [4.69, 9.17) is 0 Å². The van der Waals surface area contributed by atoms with Crippen LogP contribution in [0.1, 0.15) is 113 Å². The number of fused-ring (bicyclic) bond motifs is 7. The lowest BCUT2D eigenvalue weighted by Crippen LogP contribution is -2.61. The maximum absolute atomic E-state index is 12.7. The van der Waals surface area contributed by atoms with Gasteiger partial charge in [-0.25, -0.2) is 0 Å². The standard InChI is InChI=1S/C29H46O/c1-25(2)14-15-27(5)16-17-29(7)21(22(27)18-25)12-13-28(6)20-9-11-24(30)26(3,4)19(20)8-10-23(28)29/h8,20-23H,9-18H2,1-7H3. The smallest absolute Gasteiger partial charge is 0.142 e. The fourth-order valence-corrected chi connectivity index (χ4v) is 9.87. The Bertz CT molecular complexity index is 786. The van der Waals surface area contributed by atoms with Crippen LogP contribution in [0.5, 0.6) is 0 Å². The van der Waals surface area contributed by atoms with Gasteiger partial charge in [0.15, 0.2) is 0 Å². The largest absolute Gasteiger partial charge is 0.299 e. The Hall–Kier alpha value is -0.590. The van der Waals surface area contributed by atoms with E-state index in [1.54, 1.807) is 0 Å². The molecule has 5 rings (SSSR count). The van der Waals surface area contributed by atoms with Crippen molar-refractivity contribution in [3.05, 3.63) is 11.6 Å². The van der Waals surface area contributed by atoms with E-state index in [9.17, 15) is 4.79 Å². The van der Waals surface area contributed by atoms with Crippen LogP contribution < -0.4 is 0 Å². The highest BCUT2D eigenvalue weighted by molar-refractivity contribution is 5.88. The molecule has 0 N–H and O–H groups in total. The molecule has 0 heterocycles. The van der Waals surface area contributed by atoms with Gasteiger partial charge in [0.2, 0.25) is 0 Å². The minimum atomic E-state index is -0.229. The van der Waals surface area contributed by atoms with Crippen molar-refractivity contribution in [3.63, 3.8) is 0 Å². The first-order valence-electron chi connectivity index (χ1n) is 13.1. The number of Topliss-reactive ketones (excluding diaryl/α,β-unsaturated/α-hetero) is 1. The number of allylic oxidation sites excluding steroid dienone is 2. The predicted molar refractivity (Wildman–Crippen MR) is 125 cm³/mol. The zero-order chi connectivity index (χ0) is 21.7. The van der Waals surface area contributed by atoms with Crippen molar-refractivity contribution in [3.8, 4) is 0 Å². The average Bonchev–Trinajstić information content (AvgIpc) is 2.65. The summed E-state index contributed by atoms with van der Waals surface area (Å²) >= 11 is 0. The van der Waals surface area contributed by atoms with Crippen molar-refractivity contribution in [2.75, 3.05) is 0 Å². The fraction of sp³-hybridized carbons (Fsp3) is 0.897. The first-order valence-corrected chi connectivity index (χ1v) is 13.1. The summed E-state index contributed by atoms with van der Waals surface area (Å²) in [7, 11) is 0. The quantitative estimate of drug-likeness (QED) is 0.370. The number of rotatable bonds is 0. The minimum absolute atomic E-state index is 0.229. The molecule has 1 heteroatoms. The Morgan fingerprint density at radius 2 is 1.50 bits per heavy atom. The maximum atomic E-state index is 12.7. The van der Waals surface area contributed by atoms with Crippen molar-refractivity contribution in [1.29, 1.82) is 0 Å². The Balaban J connectivity index is 1.53. The SMILES string of the molecule is CC1(C)CCC2(C)CCC3(C)C(CCC4(C)C5CCC(=O)C(C)(C)C5=CCC43)C2C1. The van der Waals surface area contributed by atoms with Gasteiger partial charge < -0.3 is 0 Å². The van der Waals surface area contributed by atoms with E-state index in [0.717, 1.165) is 30.6 Å². The molecule has 0 radical (unpaired) electrons. The predicted octanol–water partition coefficient (Wildman–Crippen LogP) is 7.99. The van der Waals surface area contributed by atoms with Crippen molar-refractivity contribution < 1.29 is 4.79 Å². The maximum Gasteiger partial charge on any atom is 0.142 e. The minimum Gasteiger partial charge on any atom is -0.299 e. The second-order valence-electron chi connectivity index (χ2n) is 14.4. The molecule has 5 aliphatic carbocycles. The summed E-state index contributed by atoms with van der Waals surface area (Å²) in [6.07, 6.45) is 15.7. The van der Waals surface area contributed by atoms with Crippen LogP contribution >= 0.6 is 0 Å². The molecule has 5 aliphatic rings. The summed E-state index contributed by atoms with van der Waals surface area (Å²) in [5.41, 5.74) is 3.27. The summed E-state index contributed by atoms with van der Waals surface area (Å²) in [5.74, 6) is 3.74. The highest BCUT2D eigenvalue weighted by atomic mass is 16.1. The molecule has 0 aliphatic heterocycles. The van der Waals surface area contributed by atoms with Gasteiger partial charge in [-0.2, -0.15) is 0 Å². The molecular formula is C29H46O. The molecule has 0 saturated heterocycles. The van der Waals surface area contributed by atoms with Gasteiger partial charge in [-0.1, -0.05) is 46.3 Å². The fourth-order valence-electron chi connectivity index (χ4n) is 9.87. The first-order chi connectivity index (χ1) is 13.8. The Kier molecular flexibility index (Phi) is 4.43. The summed E-state index contributed by atoms with van der Waals surface area (Å²) in [5, 5.41) is 0. The normalized spacial score (nSPS) is 51.7. The average molecular weight is 411 g/mol. The molecule has 30 heavy (non-hydrogen) atoms. The number of hydrogen-bond donors (Lipinski definition) is 0. The number of hydrogen-bond acceptors (Lipinski definition) is 1. The van der Waals surface area contributed by atoms with Crippen LogP contribution in [0.2, 0.25) is 0 Å². The zero-order valence-electron chi connectivity index (χ0n) is 20.9. The van der Waals surface area contributed by atoms with Crippen molar-refractivity contribution in [2.24, 2.45) is 50.7 Å². The Labute approximate surface area is 185 Å². The van der Waals surface area contributed by atoms with Crippen LogP contribution in [0.4, 0.5) is 0 Å². The highest BCUT2D eigenvalue weighted by Crippen LogP contribution is 2.72. The van der Waals surface area contributed by atoms with Gasteiger partial charge >= 0.3 is 0 Å². The summed E-state index contributed by atoms with van der Waals surface area (Å²) < 4.78 is 0. The molecule has 0 aromatic rings. The van der Waals surface area contributed by atoms with Gasteiger partial charge in [-0.05, 0) is 117 Å². The van der Waals surface area contributed by atoms with E-state index < -0.39 is 0 Å². The van der Waals surface area contributed by atoms with E-state index in [1.165, 1.54) is 56.9 Å². The molecule has 4 fully saturated rings. The molecule has 0 aromatic heterocycles. The molecule has 168 valence electrons. The lowest BCUT2D eigenvalue weighted by molar-refractivity contribution is -0.179. The third-order valence-electron chi connectivity index (χ3n) is 12.0. The van der Waals surface area contributed by atoms with Gasteiger partial charge in [0.1, 0.15) is 5.78 Å². The van der Waals surface area contributed by atoms with Crippen LogP contribution in [-0.4, -0.2) is 5.78 Å². The lowest BCUT2D eigenvalue weighted by Gasteiger charge is -2.68. The van der Waals surface area contributed by atoms with E-state index in [-0.39, 0.29) is 5.41 Å². The summed E-state index contributed by atoms with van der Waals surface area (Å²) in [6, 6.07) is 0. The van der Waals surface area contributed by atoms with Crippen LogP contribution in [0.3, 0.4) is 0 Å². The number of carbonyl (C=O) groups excluding carboxylic acids is 1. The molecule has 0 aromatic carbocycles. The Morgan fingerprint density at radius 1 is 0.800 bits per heavy atom. The molecule has 1 nitrogen and oxygen atoms in total. The molecule has 0 bridgehead atoms. The van der Waals surface area contributed by atoms with Gasteiger partial charge in [-0.3, -0.25) is 4.79 Å². The van der Waals surface area contributed by atoms with E-state index >= 15 is 0 Å². The van der Waals surface area contributed by atoms with E-state index in [1.807, 2.05) is 0 Å². The van der Waals surface area contributed by atoms with Crippen LogP contribution in [0.25, 0.3) is 0 Å². The third kappa shape index (κ3) is 2.68. The van der Waals surface area contributed by atoms with Gasteiger partial charge in [-0.15, -0.1) is 0 Å². The first kappa shape index (κ1) is 21.3. The lowest BCUT2D eigenvalue weighted by atomic mass is 9.36. The Morgan fingerprint density at radius 3 is 2.23 bits per heavy atom. The van der Waals surface area contributed by atoms with Crippen LogP contribution in [-0.2, 0) is 4.79 Å². The second-order valence-corrected chi connectivity index (χ2v) is 14.4. The van der Waals surface area contributed by atoms with E-state index in [2.05, 4.69) is 54.5 Å². The highest BCUT2D eigenvalue weighted by Gasteiger charge is 2.64. The van der Waals surface area contributed by atoms with Crippen LogP contribution in [0.15, 0.2) is 11.6 Å². The second kappa shape index (κ2) is 6.26. The molecule has 0 amide bonds. The topological polar surface area (TPSA) is 17.1 Å².